The third-order valence-corrected chi connectivity index (χ3v) is 4.68. The van der Waals surface area contributed by atoms with Crippen LogP contribution in [0.25, 0.3) is 11.5 Å². The molecule has 0 radical (unpaired) electrons. The summed E-state index contributed by atoms with van der Waals surface area (Å²) in [6.45, 7) is 1.39. The Morgan fingerprint density at radius 2 is 1.96 bits per heavy atom. The lowest BCUT2D eigenvalue weighted by Crippen LogP contribution is -2.43. The highest BCUT2D eigenvalue weighted by Crippen LogP contribution is 2.24. The van der Waals surface area contributed by atoms with Gasteiger partial charge in [0, 0.05) is 12.1 Å². The molecule has 1 amide bonds. The third kappa shape index (κ3) is 4.04. The molecule has 1 aromatic heterocycles. The van der Waals surface area contributed by atoms with Crippen molar-refractivity contribution in [3.63, 3.8) is 0 Å². The van der Waals surface area contributed by atoms with Crippen LogP contribution in [-0.2, 0) is 16.0 Å². The number of hydrogen-bond donors (Lipinski definition) is 0. The minimum absolute atomic E-state index is 0.0465. The van der Waals surface area contributed by atoms with E-state index in [1.165, 1.54) is 0 Å². The predicted octanol–water partition coefficient (Wildman–Crippen LogP) is 2.89. The van der Waals surface area contributed by atoms with Crippen LogP contribution >= 0.6 is 0 Å². The molecule has 4 rings (SSSR count). The Morgan fingerprint density at radius 3 is 2.71 bits per heavy atom. The minimum Gasteiger partial charge on any atom is -0.497 e. The van der Waals surface area contributed by atoms with Crippen LogP contribution in [0.3, 0.4) is 0 Å². The number of morpholine rings is 1. The molecule has 2 aromatic carbocycles. The Kier molecular flexibility index (Phi) is 5.34. The van der Waals surface area contributed by atoms with E-state index in [1.54, 1.807) is 12.0 Å². The topological polar surface area (TPSA) is 77.7 Å². The number of amides is 1. The van der Waals surface area contributed by atoms with E-state index < -0.39 is 6.10 Å². The van der Waals surface area contributed by atoms with Gasteiger partial charge in [-0.1, -0.05) is 35.5 Å². The summed E-state index contributed by atoms with van der Waals surface area (Å²) in [6.07, 6.45) is -0.0622. The summed E-state index contributed by atoms with van der Waals surface area (Å²) in [7, 11) is 1.62. The lowest BCUT2D eigenvalue weighted by Gasteiger charge is -2.31. The van der Waals surface area contributed by atoms with Gasteiger partial charge in [-0.25, -0.2) is 0 Å². The van der Waals surface area contributed by atoms with E-state index in [9.17, 15) is 4.79 Å². The molecule has 1 aliphatic heterocycles. The van der Waals surface area contributed by atoms with Gasteiger partial charge in [0.2, 0.25) is 11.7 Å². The summed E-state index contributed by atoms with van der Waals surface area (Å²) in [4.78, 5) is 18.9. The third-order valence-electron chi connectivity index (χ3n) is 4.68. The zero-order valence-corrected chi connectivity index (χ0v) is 15.6. The monoisotopic (exact) mass is 379 g/mol. The van der Waals surface area contributed by atoms with Crippen LogP contribution in [0.4, 0.5) is 0 Å². The summed E-state index contributed by atoms with van der Waals surface area (Å²) in [5.74, 6) is 1.72. The first-order valence-electron chi connectivity index (χ1n) is 9.14. The van der Waals surface area contributed by atoms with E-state index >= 15 is 0 Å². The molecule has 1 unspecified atom stereocenters. The van der Waals surface area contributed by atoms with E-state index in [1.807, 2.05) is 54.6 Å². The number of hydrogen-bond acceptors (Lipinski definition) is 6. The zero-order valence-electron chi connectivity index (χ0n) is 15.6. The van der Waals surface area contributed by atoms with Gasteiger partial charge in [0.05, 0.1) is 26.7 Å². The Balaban J connectivity index is 1.41. The fraction of sp³-hybridized carbons (Fsp3) is 0.286. The molecule has 1 atom stereocenters. The SMILES string of the molecule is COc1ccc(CC(=O)N2CCOC(c3noc(-c4ccccc4)n3)C2)cc1. The summed E-state index contributed by atoms with van der Waals surface area (Å²) in [5.41, 5.74) is 1.80. The zero-order chi connectivity index (χ0) is 19.3. The molecule has 0 spiro atoms. The molecular formula is C21H21N3O4. The number of carbonyl (C=O) groups is 1. The van der Waals surface area contributed by atoms with Crippen LogP contribution in [0, 0.1) is 0 Å². The molecule has 0 bridgehead atoms. The Hall–Kier alpha value is -3.19. The van der Waals surface area contributed by atoms with Gasteiger partial charge in [-0.05, 0) is 29.8 Å². The largest absolute Gasteiger partial charge is 0.497 e. The van der Waals surface area contributed by atoms with E-state index in [0.29, 0.717) is 37.8 Å². The van der Waals surface area contributed by atoms with Crippen molar-refractivity contribution in [3.05, 3.63) is 66.0 Å². The number of aromatic nitrogens is 2. The molecule has 28 heavy (non-hydrogen) atoms. The molecule has 1 aliphatic rings. The maximum absolute atomic E-state index is 12.7. The van der Waals surface area contributed by atoms with Crippen LogP contribution in [-0.4, -0.2) is 47.8 Å². The van der Waals surface area contributed by atoms with Gasteiger partial charge in [0.1, 0.15) is 11.9 Å². The van der Waals surface area contributed by atoms with Crippen LogP contribution < -0.4 is 4.74 Å². The van der Waals surface area contributed by atoms with Crippen LogP contribution in [0.1, 0.15) is 17.5 Å². The van der Waals surface area contributed by atoms with Crippen molar-refractivity contribution in [1.82, 2.24) is 15.0 Å². The first-order chi connectivity index (χ1) is 13.7. The van der Waals surface area contributed by atoms with Crippen molar-refractivity contribution in [3.8, 4) is 17.2 Å². The molecule has 144 valence electrons. The standard InChI is InChI=1S/C21H21N3O4/c1-26-17-9-7-15(8-10-17)13-19(25)24-11-12-27-18(14-24)20-22-21(28-23-20)16-5-3-2-4-6-16/h2-10,18H,11-14H2,1H3. The molecule has 1 saturated heterocycles. The molecule has 2 heterocycles. The molecule has 3 aromatic rings. The second-order valence-corrected chi connectivity index (χ2v) is 6.55. The van der Waals surface area contributed by atoms with Crippen molar-refractivity contribution < 1.29 is 18.8 Å². The van der Waals surface area contributed by atoms with Crippen LogP contribution in [0.5, 0.6) is 5.75 Å². The number of ether oxygens (including phenoxy) is 2. The number of methoxy groups -OCH3 is 1. The minimum atomic E-state index is -0.394. The van der Waals surface area contributed by atoms with Gasteiger partial charge in [0.15, 0.2) is 0 Å². The average molecular weight is 379 g/mol. The molecule has 7 nitrogen and oxygen atoms in total. The first kappa shape index (κ1) is 18.2. The van der Waals surface area contributed by atoms with Crippen LogP contribution in [0.15, 0.2) is 59.1 Å². The van der Waals surface area contributed by atoms with Crippen molar-refractivity contribution in [2.75, 3.05) is 26.8 Å². The van der Waals surface area contributed by atoms with Gasteiger partial charge in [-0.2, -0.15) is 4.98 Å². The lowest BCUT2D eigenvalue weighted by molar-refractivity contribution is -0.138. The summed E-state index contributed by atoms with van der Waals surface area (Å²) < 4.78 is 16.3. The Labute approximate surface area is 162 Å². The fourth-order valence-electron chi connectivity index (χ4n) is 3.13. The summed E-state index contributed by atoms with van der Waals surface area (Å²) >= 11 is 0. The molecule has 0 saturated carbocycles. The van der Waals surface area contributed by atoms with Gasteiger partial charge in [-0.15, -0.1) is 0 Å². The number of rotatable bonds is 5. The maximum atomic E-state index is 12.7. The molecule has 0 aliphatic carbocycles. The quantitative estimate of drug-likeness (QED) is 0.678. The van der Waals surface area contributed by atoms with Gasteiger partial charge < -0.3 is 18.9 Å². The number of nitrogens with zero attached hydrogens (tertiary/aromatic N) is 3. The van der Waals surface area contributed by atoms with Crippen molar-refractivity contribution in [1.29, 1.82) is 0 Å². The highest BCUT2D eigenvalue weighted by atomic mass is 16.5. The van der Waals surface area contributed by atoms with Crippen LogP contribution in [0.2, 0.25) is 0 Å². The average Bonchev–Trinajstić information content (AvgIpc) is 3.25. The maximum Gasteiger partial charge on any atom is 0.258 e. The van der Waals surface area contributed by atoms with Crippen molar-refractivity contribution in [2.24, 2.45) is 0 Å². The lowest BCUT2D eigenvalue weighted by atomic mass is 10.1. The molecule has 7 heteroatoms. The molecular weight excluding hydrogens is 358 g/mol. The van der Waals surface area contributed by atoms with E-state index in [0.717, 1.165) is 16.9 Å². The molecule has 1 fully saturated rings. The first-order valence-corrected chi connectivity index (χ1v) is 9.14. The van der Waals surface area contributed by atoms with E-state index in [-0.39, 0.29) is 5.91 Å². The van der Waals surface area contributed by atoms with Gasteiger partial charge >= 0.3 is 0 Å². The number of benzene rings is 2. The van der Waals surface area contributed by atoms with Crippen molar-refractivity contribution >= 4 is 5.91 Å². The summed E-state index contributed by atoms with van der Waals surface area (Å²) in [6, 6.07) is 17.1. The fourth-order valence-corrected chi connectivity index (χ4v) is 3.13. The highest BCUT2D eigenvalue weighted by Gasteiger charge is 2.29. The van der Waals surface area contributed by atoms with E-state index in [2.05, 4.69) is 10.1 Å². The van der Waals surface area contributed by atoms with Gasteiger partial charge in [0.25, 0.3) is 5.89 Å². The normalized spacial score (nSPS) is 16.8. The second kappa shape index (κ2) is 8.22. The van der Waals surface area contributed by atoms with Gasteiger partial charge in [-0.3, -0.25) is 4.79 Å². The Bertz CT molecular complexity index is 924. The smallest absolute Gasteiger partial charge is 0.258 e. The second-order valence-electron chi connectivity index (χ2n) is 6.55. The molecule has 0 N–H and O–H groups in total. The van der Waals surface area contributed by atoms with Crippen molar-refractivity contribution in [2.45, 2.75) is 12.5 Å². The summed E-state index contributed by atoms with van der Waals surface area (Å²) in [5, 5.41) is 4.05. The number of carbonyl (C=O) groups excluding carboxylic acids is 1. The van der Waals surface area contributed by atoms with E-state index in [4.69, 9.17) is 14.0 Å². The highest BCUT2D eigenvalue weighted by molar-refractivity contribution is 5.79. The Morgan fingerprint density at radius 1 is 1.18 bits per heavy atom. The predicted molar refractivity (Wildman–Crippen MR) is 102 cm³/mol.